The maximum Gasteiger partial charge on any atom is 0.340 e. The van der Waals surface area contributed by atoms with Gasteiger partial charge in [0.2, 0.25) is 6.54 Å². The predicted molar refractivity (Wildman–Crippen MR) is 56.9 cm³/mol. The summed E-state index contributed by atoms with van der Waals surface area (Å²) < 4.78 is 6.39. The number of hydrogen-bond acceptors (Lipinski definition) is 4. The number of ether oxygens (including phenoxy) is 1. The summed E-state index contributed by atoms with van der Waals surface area (Å²) in [4.78, 5) is 21.6. The van der Waals surface area contributed by atoms with Crippen LogP contribution in [0.4, 0.5) is 0 Å². The molecular weight excluding hydrogens is 212 g/mol. The number of nitrogens with zero attached hydrogens (tertiary/aromatic N) is 2. The van der Waals surface area contributed by atoms with E-state index in [-0.39, 0.29) is 6.54 Å². The number of carbonyl (C=O) groups excluding carboxylic acids is 1. The normalized spacial score (nSPS) is 10.2. The summed E-state index contributed by atoms with van der Waals surface area (Å²) >= 11 is 0. The van der Waals surface area contributed by atoms with E-state index >= 15 is 0 Å². The molecule has 0 spiro atoms. The van der Waals surface area contributed by atoms with E-state index in [4.69, 9.17) is 0 Å². The monoisotopic (exact) mass is 226 g/mol. The standard InChI is InChI=1S/C10H14N2O4/c1-6-8(5-12(14)15)9(10(13)16-4)7(2)11(6)3/h5H2,1-4H3. The maximum absolute atomic E-state index is 11.5. The minimum absolute atomic E-state index is 0.305. The van der Waals surface area contributed by atoms with Gasteiger partial charge in [0.25, 0.3) is 0 Å². The number of nitro groups is 1. The fourth-order valence-electron chi connectivity index (χ4n) is 1.72. The number of aromatic nitrogens is 1. The zero-order valence-electron chi connectivity index (χ0n) is 9.73. The SMILES string of the molecule is COC(=O)c1c(C[N+](=O)[O-])c(C)n(C)c1C. The van der Waals surface area contributed by atoms with E-state index in [1.807, 2.05) is 0 Å². The van der Waals surface area contributed by atoms with Gasteiger partial charge in [-0.3, -0.25) is 10.1 Å². The Balaban J connectivity index is 3.38. The van der Waals surface area contributed by atoms with Gasteiger partial charge in [0.15, 0.2) is 0 Å². The molecule has 0 saturated heterocycles. The molecule has 0 atom stereocenters. The minimum atomic E-state index is -0.530. The van der Waals surface area contributed by atoms with Crippen molar-refractivity contribution in [1.29, 1.82) is 0 Å². The Morgan fingerprint density at radius 2 is 2.00 bits per heavy atom. The van der Waals surface area contributed by atoms with Gasteiger partial charge < -0.3 is 9.30 Å². The molecule has 0 amide bonds. The molecule has 0 fully saturated rings. The molecule has 1 heterocycles. The van der Waals surface area contributed by atoms with Gasteiger partial charge in [-0.1, -0.05) is 0 Å². The van der Waals surface area contributed by atoms with Crippen LogP contribution in [0.2, 0.25) is 0 Å². The van der Waals surface area contributed by atoms with Crippen LogP contribution in [0.1, 0.15) is 27.3 Å². The molecule has 88 valence electrons. The highest BCUT2D eigenvalue weighted by Gasteiger charge is 2.25. The number of rotatable bonds is 3. The Morgan fingerprint density at radius 1 is 1.44 bits per heavy atom. The lowest BCUT2D eigenvalue weighted by Crippen LogP contribution is -2.08. The van der Waals surface area contributed by atoms with Crippen LogP contribution in [0, 0.1) is 24.0 Å². The van der Waals surface area contributed by atoms with Gasteiger partial charge in [0.1, 0.15) is 0 Å². The van der Waals surface area contributed by atoms with E-state index in [9.17, 15) is 14.9 Å². The van der Waals surface area contributed by atoms with E-state index < -0.39 is 10.9 Å². The molecule has 16 heavy (non-hydrogen) atoms. The summed E-state index contributed by atoms with van der Waals surface area (Å²) in [7, 11) is 3.03. The Kier molecular flexibility index (Phi) is 3.31. The molecule has 0 bridgehead atoms. The smallest absolute Gasteiger partial charge is 0.340 e. The van der Waals surface area contributed by atoms with Gasteiger partial charge in [0.05, 0.1) is 18.2 Å². The molecular formula is C10H14N2O4. The Morgan fingerprint density at radius 3 is 2.44 bits per heavy atom. The van der Waals surface area contributed by atoms with Crippen LogP contribution in [-0.4, -0.2) is 22.6 Å². The van der Waals surface area contributed by atoms with Gasteiger partial charge in [-0.05, 0) is 13.8 Å². The average molecular weight is 226 g/mol. The topological polar surface area (TPSA) is 74.4 Å². The molecule has 1 aromatic heterocycles. The largest absolute Gasteiger partial charge is 0.465 e. The van der Waals surface area contributed by atoms with Gasteiger partial charge >= 0.3 is 5.97 Å². The number of methoxy groups -OCH3 is 1. The summed E-state index contributed by atoms with van der Waals surface area (Å²) in [5.41, 5.74) is 2.13. The molecule has 1 rings (SSSR count). The van der Waals surface area contributed by atoms with E-state index in [1.165, 1.54) is 7.11 Å². The minimum Gasteiger partial charge on any atom is -0.465 e. The summed E-state index contributed by atoms with van der Waals surface area (Å²) in [6.07, 6.45) is 0. The van der Waals surface area contributed by atoms with Crippen molar-refractivity contribution in [2.24, 2.45) is 7.05 Å². The van der Waals surface area contributed by atoms with Crippen molar-refractivity contribution in [3.8, 4) is 0 Å². The second-order valence-corrected chi connectivity index (χ2v) is 3.57. The number of hydrogen-bond donors (Lipinski definition) is 0. The predicted octanol–water partition coefficient (Wildman–Crippen LogP) is 1.21. The first-order chi connectivity index (χ1) is 7.40. The molecule has 0 radical (unpaired) electrons. The van der Waals surface area contributed by atoms with E-state index in [0.717, 1.165) is 5.69 Å². The molecule has 0 N–H and O–H groups in total. The number of carbonyl (C=O) groups is 1. The van der Waals surface area contributed by atoms with Crippen LogP contribution in [0.25, 0.3) is 0 Å². The molecule has 0 saturated carbocycles. The van der Waals surface area contributed by atoms with Crippen LogP contribution in [0.3, 0.4) is 0 Å². The zero-order chi connectivity index (χ0) is 12.5. The summed E-state index contributed by atoms with van der Waals surface area (Å²) in [6.45, 7) is 3.12. The van der Waals surface area contributed by atoms with Crippen molar-refractivity contribution in [2.75, 3.05) is 7.11 Å². The van der Waals surface area contributed by atoms with Gasteiger partial charge in [0, 0.05) is 23.4 Å². The first-order valence-corrected chi connectivity index (χ1v) is 4.75. The number of esters is 1. The summed E-state index contributed by atoms with van der Waals surface area (Å²) in [5, 5.41) is 10.5. The molecule has 6 heteroatoms. The van der Waals surface area contributed by atoms with Gasteiger partial charge in [-0.25, -0.2) is 4.79 Å². The Labute approximate surface area is 93.0 Å². The lowest BCUT2D eigenvalue weighted by molar-refractivity contribution is -0.496. The van der Waals surface area contributed by atoms with Crippen molar-refractivity contribution < 1.29 is 14.5 Å². The lowest BCUT2D eigenvalue weighted by Gasteiger charge is -2.00. The third-order valence-corrected chi connectivity index (χ3v) is 2.78. The van der Waals surface area contributed by atoms with Gasteiger partial charge in [-0.2, -0.15) is 0 Å². The second-order valence-electron chi connectivity index (χ2n) is 3.57. The van der Waals surface area contributed by atoms with Crippen LogP contribution in [-0.2, 0) is 18.3 Å². The fraction of sp³-hybridized carbons (Fsp3) is 0.500. The zero-order valence-corrected chi connectivity index (χ0v) is 9.73. The Bertz CT molecular complexity index is 448. The van der Waals surface area contributed by atoms with Gasteiger partial charge in [-0.15, -0.1) is 0 Å². The van der Waals surface area contributed by atoms with Crippen molar-refractivity contribution in [1.82, 2.24) is 4.57 Å². The molecule has 0 unspecified atom stereocenters. The molecule has 6 nitrogen and oxygen atoms in total. The molecule has 0 aromatic carbocycles. The van der Waals surface area contributed by atoms with E-state index in [1.54, 1.807) is 25.5 Å². The van der Waals surface area contributed by atoms with E-state index in [2.05, 4.69) is 4.74 Å². The molecule has 0 aliphatic rings. The third-order valence-electron chi connectivity index (χ3n) is 2.78. The van der Waals surface area contributed by atoms with Crippen LogP contribution in [0.15, 0.2) is 0 Å². The Hall–Kier alpha value is -1.85. The summed E-state index contributed by atoms with van der Waals surface area (Å²) in [5.74, 6) is -0.530. The van der Waals surface area contributed by atoms with Crippen LogP contribution >= 0.6 is 0 Å². The average Bonchev–Trinajstić information content (AvgIpc) is 2.42. The molecule has 0 aliphatic heterocycles. The molecule has 0 aliphatic carbocycles. The van der Waals surface area contributed by atoms with Crippen LogP contribution < -0.4 is 0 Å². The van der Waals surface area contributed by atoms with Crippen molar-refractivity contribution in [3.05, 3.63) is 32.6 Å². The maximum atomic E-state index is 11.5. The van der Waals surface area contributed by atoms with Crippen molar-refractivity contribution >= 4 is 5.97 Å². The summed E-state index contributed by atoms with van der Waals surface area (Å²) in [6, 6.07) is 0. The highest BCUT2D eigenvalue weighted by atomic mass is 16.6. The molecule has 1 aromatic rings. The van der Waals surface area contributed by atoms with E-state index in [0.29, 0.717) is 16.8 Å². The first-order valence-electron chi connectivity index (χ1n) is 4.75. The first kappa shape index (κ1) is 12.2. The van der Waals surface area contributed by atoms with Crippen molar-refractivity contribution in [3.63, 3.8) is 0 Å². The highest BCUT2D eigenvalue weighted by molar-refractivity contribution is 5.92. The fourth-order valence-corrected chi connectivity index (χ4v) is 1.72. The second kappa shape index (κ2) is 4.34. The lowest BCUT2D eigenvalue weighted by atomic mass is 10.1. The van der Waals surface area contributed by atoms with Crippen LogP contribution in [0.5, 0.6) is 0 Å². The highest BCUT2D eigenvalue weighted by Crippen LogP contribution is 2.22. The third kappa shape index (κ3) is 1.91. The quantitative estimate of drug-likeness (QED) is 0.441. The van der Waals surface area contributed by atoms with Crippen molar-refractivity contribution in [2.45, 2.75) is 20.4 Å².